The number of hydrogen-bond donors (Lipinski definition) is 0. The molecule has 0 unspecified atom stereocenters. The normalized spacial score (nSPS) is 13.4. The maximum Gasteiger partial charge on any atom is 0.178 e. The fraction of sp³-hybridized carbons (Fsp3) is 0.143. The molecule has 2 rings (SSSR count). The van der Waals surface area contributed by atoms with Crippen molar-refractivity contribution in [3.63, 3.8) is 0 Å². The van der Waals surface area contributed by atoms with E-state index in [2.05, 4.69) is 38.1 Å². The van der Waals surface area contributed by atoms with Gasteiger partial charge in [0.05, 0.1) is 0 Å². The molecule has 0 aliphatic heterocycles. The number of rotatable bonds is 0. The van der Waals surface area contributed by atoms with Gasteiger partial charge in [-0.2, -0.15) is 0 Å². The SMILES string of the molecule is Cc1ccc(C)cc1.O=C1C=CC(=O)C=C1. The lowest BCUT2D eigenvalue weighted by Gasteiger charge is -1.90. The summed E-state index contributed by atoms with van der Waals surface area (Å²) >= 11 is 0. The minimum Gasteiger partial charge on any atom is -0.290 e. The molecule has 0 spiro atoms. The highest BCUT2D eigenvalue weighted by Crippen LogP contribution is 1.99. The molecule has 1 aromatic carbocycles. The zero-order chi connectivity index (χ0) is 12.0. The molecule has 0 radical (unpaired) electrons. The Bertz CT molecular complexity index is 377. The number of carbonyl (C=O) groups excluding carboxylic acids is 2. The summed E-state index contributed by atoms with van der Waals surface area (Å²) < 4.78 is 0. The summed E-state index contributed by atoms with van der Waals surface area (Å²) in [7, 11) is 0. The predicted molar refractivity (Wildman–Crippen MR) is 64.2 cm³/mol. The molecule has 0 saturated carbocycles. The molecule has 0 fully saturated rings. The average Bonchev–Trinajstić information content (AvgIpc) is 2.28. The van der Waals surface area contributed by atoms with Crippen LogP contribution in [0.1, 0.15) is 11.1 Å². The Morgan fingerprint density at radius 2 is 0.875 bits per heavy atom. The van der Waals surface area contributed by atoms with E-state index in [1.54, 1.807) is 0 Å². The monoisotopic (exact) mass is 214 g/mol. The van der Waals surface area contributed by atoms with Gasteiger partial charge in [0.25, 0.3) is 0 Å². The second-order valence-electron chi connectivity index (χ2n) is 3.63. The second-order valence-corrected chi connectivity index (χ2v) is 3.63. The van der Waals surface area contributed by atoms with Crippen molar-refractivity contribution in [2.24, 2.45) is 0 Å². The molecule has 0 amide bonds. The number of aryl methyl sites for hydroxylation is 2. The van der Waals surface area contributed by atoms with Crippen molar-refractivity contribution in [3.05, 3.63) is 59.7 Å². The van der Waals surface area contributed by atoms with Crippen LogP contribution in [0.5, 0.6) is 0 Å². The van der Waals surface area contributed by atoms with E-state index < -0.39 is 0 Å². The van der Waals surface area contributed by atoms with Gasteiger partial charge in [-0.05, 0) is 38.2 Å². The quantitative estimate of drug-likeness (QED) is 0.622. The number of hydrogen-bond acceptors (Lipinski definition) is 2. The molecular weight excluding hydrogens is 200 g/mol. The van der Waals surface area contributed by atoms with Crippen LogP contribution in [-0.2, 0) is 9.59 Å². The number of ketones is 2. The van der Waals surface area contributed by atoms with E-state index in [1.807, 2.05) is 0 Å². The molecule has 0 atom stereocenters. The van der Waals surface area contributed by atoms with Crippen LogP contribution in [0.3, 0.4) is 0 Å². The van der Waals surface area contributed by atoms with Crippen LogP contribution in [0.25, 0.3) is 0 Å². The molecule has 0 heterocycles. The van der Waals surface area contributed by atoms with Gasteiger partial charge in [-0.15, -0.1) is 0 Å². The molecular formula is C14H14O2. The first kappa shape index (κ1) is 12.1. The summed E-state index contributed by atoms with van der Waals surface area (Å²) in [6.07, 6.45) is 5.01. The molecule has 1 aromatic rings. The number of benzene rings is 1. The van der Waals surface area contributed by atoms with Crippen molar-refractivity contribution in [1.82, 2.24) is 0 Å². The van der Waals surface area contributed by atoms with Crippen LogP contribution in [-0.4, -0.2) is 11.6 Å². The molecule has 0 aromatic heterocycles. The van der Waals surface area contributed by atoms with Gasteiger partial charge in [0.2, 0.25) is 0 Å². The third-order valence-corrected chi connectivity index (χ3v) is 2.04. The molecule has 1 aliphatic rings. The molecule has 2 nitrogen and oxygen atoms in total. The van der Waals surface area contributed by atoms with Crippen LogP contribution in [0.4, 0.5) is 0 Å². The van der Waals surface area contributed by atoms with Crippen LogP contribution in [0, 0.1) is 13.8 Å². The maximum absolute atomic E-state index is 10.3. The number of allylic oxidation sites excluding steroid dienone is 4. The summed E-state index contributed by atoms with van der Waals surface area (Å²) in [5.41, 5.74) is 2.66. The summed E-state index contributed by atoms with van der Waals surface area (Å²) in [5, 5.41) is 0. The minimum absolute atomic E-state index is 0.121. The van der Waals surface area contributed by atoms with Gasteiger partial charge in [-0.1, -0.05) is 35.4 Å². The van der Waals surface area contributed by atoms with E-state index in [4.69, 9.17) is 0 Å². The van der Waals surface area contributed by atoms with Gasteiger partial charge in [0, 0.05) is 0 Å². The summed E-state index contributed by atoms with van der Waals surface area (Å²) in [4.78, 5) is 20.6. The first-order chi connectivity index (χ1) is 7.58. The van der Waals surface area contributed by atoms with Gasteiger partial charge in [-0.25, -0.2) is 0 Å². The molecule has 0 bridgehead atoms. The first-order valence-electron chi connectivity index (χ1n) is 5.05. The maximum atomic E-state index is 10.3. The van der Waals surface area contributed by atoms with Crippen LogP contribution >= 0.6 is 0 Å². The highest BCUT2D eigenvalue weighted by molar-refractivity contribution is 6.14. The molecule has 82 valence electrons. The van der Waals surface area contributed by atoms with Gasteiger partial charge >= 0.3 is 0 Å². The van der Waals surface area contributed by atoms with Gasteiger partial charge in [0.1, 0.15) is 0 Å². The summed E-state index contributed by atoms with van der Waals surface area (Å²) in [6, 6.07) is 8.48. The van der Waals surface area contributed by atoms with Crippen molar-refractivity contribution >= 4 is 11.6 Å². The lowest BCUT2D eigenvalue weighted by Crippen LogP contribution is -1.97. The average molecular weight is 214 g/mol. The van der Waals surface area contributed by atoms with Crippen molar-refractivity contribution in [2.45, 2.75) is 13.8 Å². The fourth-order valence-electron chi connectivity index (χ4n) is 1.08. The highest BCUT2D eigenvalue weighted by atomic mass is 16.1. The van der Waals surface area contributed by atoms with Gasteiger partial charge in [-0.3, -0.25) is 9.59 Å². The molecule has 1 aliphatic carbocycles. The second kappa shape index (κ2) is 5.81. The molecule has 0 saturated heterocycles. The van der Waals surface area contributed by atoms with E-state index >= 15 is 0 Å². The topological polar surface area (TPSA) is 34.1 Å². The Morgan fingerprint density at radius 3 is 1.12 bits per heavy atom. The van der Waals surface area contributed by atoms with Gasteiger partial charge in [0.15, 0.2) is 11.6 Å². The first-order valence-corrected chi connectivity index (χ1v) is 5.05. The van der Waals surface area contributed by atoms with Crippen LogP contribution < -0.4 is 0 Å². The lowest BCUT2D eigenvalue weighted by molar-refractivity contribution is -0.113. The van der Waals surface area contributed by atoms with E-state index in [9.17, 15) is 9.59 Å². The Labute approximate surface area is 95.3 Å². The smallest absolute Gasteiger partial charge is 0.178 e. The molecule has 2 heteroatoms. The largest absolute Gasteiger partial charge is 0.290 e. The predicted octanol–water partition coefficient (Wildman–Crippen LogP) is 2.55. The third-order valence-electron chi connectivity index (χ3n) is 2.04. The molecule has 16 heavy (non-hydrogen) atoms. The minimum atomic E-state index is -0.121. The van der Waals surface area contributed by atoms with Crippen molar-refractivity contribution in [2.75, 3.05) is 0 Å². The van der Waals surface area contributed by atoms with Crippen LogP contribution in [0.15, 0.2) is 48.6 Å². The summed E-state index contributed by atoms with van der Waals surface area (Å²) in [5.74, 6) is -0.241. The van der Waals surface area contributed by atoms with Crippen molar-refractivity contribution in [3.8, 4) is 0 Å². The fourth-order valence-corrected chi connectivity index (χ4v) is 1.08. The lowest BCUT2D eigenvalue weighted by atomic mass is 10.2. The Hall–Kier alpha value is -1.96. The van der Waals surface area contributed by atoms with E-state index in [-0.39, 0.29) is 11.6 Å². The van der Waals surface area contributed by atoms with Crippen LogP contribution in [0.2, 0.25) is 0 Å². The Kier molecular flexibility index (Phi) is 4.40. The van der Waals surface area contributed by atoms with E-state index in [0.29, 0.717) is 0 Å². The Balaban J connectivity index is 0.000000160. The van der Waals surface area contributed by atoms with Crippen molar-refractivity contribution in [1.29, 1.82) is 0 Å². The zero-order valence-electron chi connectivity index (χ0n) is 9.44. The Morgan fingerprint density at radius 1 is 0.625 bits per heavy atom. The third kappa shape index (κ3) is 4.51. The highest BCUT2D eigenvalue weighted by Gasteiger charge is 1.97. The van der Waals surface area contributed by atoms with Gasteiger partial charge < -0.3 is 0 Å². The van der Waals surface area contributed by atoms with Crippen molar-refractivity contribution < 1.29 is 9.59 Å². The standard InChI is InChI=1S/C8H10.C6H4O2/c1-7-3-5-8(2)6-4-7;7-5-1-2-6(8)4-3-5/h3-6H,1-2H3;1-4H. The molecule has 0 N–H and O–H groups in total. The zero-order valence-corrected chi connectivity index (χ0v) is 9.44. The van der Waals surface area contributed by atoms with E-state index in [1.165, 1.54) is 35.4 Å². The number of carbonyl (C=O) groups is 2. The summed E-state index contributed by atoms with van der Waals surface area (Å²) in [6.45, 7) is 4.19. The van der Waals surface area contributed by atoms with E-state index in [0.717, 1.165) is 0 Å².